The molecule has 0 bridgehead atoms. The van der Waals surface area contributed by atoms with Crippen LogP contribution in [0.15, 0.2) is 24.3 Å². The maximum absolute atomic E-state index is 13.4. The molecule has 7 heteroatoms. The van der Waals surface area contributed by atoms with E-state index in [0.717, 1.165) is 17.7 Å². The zero-order chi connectivity index (χ0) is 16.0. The summed E-state index contributed by atoms with van der Waals surface area (Å²) in [6.45, 7) is 0.783. The third-order valence-electron chi connectivity index (χ3n) is 4.35. The van der Waals surface area contributed by atoms with Crippen molar-refractivity contribution in [2.24, 2.45) is 0 Å². The Kier molecular flexibility index (Phi) is 3.89. The van der Waals surface area contributed by atoms with Crippen LogP contribution in [0.4, 0.5) is 22.0 Å². The van der Waals surface area contributed by atoms with Crippen molar-refractivity contribution in [1.82, 2.24) is 10.2 Å². The number of nitrogens with zero attached hydrogens (tertiary/aromatic N) is 1. The van der Waals surface area contributed by atoms with Gasteiger partial charge in [0.2, 0.25) is 0 Å². The highest BCUT2D eigenvalue weighted by Gasteiger charge is 2.46. The van der Waals surface area contributed by atoms with E-state index in [1.807, 2.05) is 0 Å². The van der Waals surface area contributed by atoms with Gasteiger partial charge in [-0.15, -0.1) is 0 Å². The van der Waals surface area contributed by atoms with Crippen LogP contribution in [0.25, 0.3) is 0 Å². The van der Waals surface area contributed by atoms with Crippen LogP contribution >= 0.6 is 0 Å². The van der Waals surface area contributed by atoms with Crippen LogP contribution in [0.1, 0.15) is 17.5 Å². The van der Waals surface area contributed by atoms with Gasteiger partial charge in [-0.2, -0.15) is 13.2 Å². The molecule has 2 atom stereocenters. The standard InChI is InChI=1S/C15H17F5N2/c16-14(17)6-13-7-21-12(8-22(13)9-14)5-10-1-3-11(4-2-10)15(18,19)20/h1-4,12-13,21H,5-9H2/t12-,13-/m0/s1. The Balaban J connectivity index is 1.60. The first-order valence-electron chi connectivity index (χ1n) is 7.24. The molecule has 1 aromatic rings. The maximum Gasteiger partial charge on any atom is 0.416 e. The third kappa shape index (κ3) is 3.41. The van der Waals surface area contributed by atoms with E-state index in [0.29, 0.717) is 19.5 Å². The largest absolute Gasteiger partial charge is 0.416 e. The van der Waals surface area contributed by atoms with E-state index in [-0.39, 0.29) is 25.0 Å². The van der Waals surface area contributed by atoms with Crippen LogP contribution in [-0.2, 0) is 12.6 Å². The summed E-state index contributed by atoms with van der Waals surface area (Å²) in [5.41, 5.74) is 0.0991. The van der Waals surface area contributed by atoms with Crippen LogP contribution in [0.2, 0.25) is 0 Å². The summed E-state index contributed by atoms with van der Waals surface area (Å²) >= 11 is 0. The fourth-order valence-electron chi connectivity index (χ4n) is 3.28. The highest BCUT2D eigenvalue weighted by molar-refractivity contribution is 5.25. The number of rotatable bonds is 2. The number of alkyl halides is 5. The fraction of sp³-hybridized carbons (Fsp3) is 0.600. The van der Waals surface area contributed by atoms with Gasteiger partial charge in [-0.25, -0.2) is 8.78 Å². The topological polar surface area (TPSA) is 15.3 Å². The van der Waals surface area contributed by atoms with Crippen LogP contribution < -0.4 is 5.32 Å². The third-order valence-corrected chi connectivity index (χ3v) is 4.35. The van der Waals surface area contributed by atoms with Crippen molar-refractivity contribution >= 4 is 0 Å². The summed E-state index contributed by atoms with van der Waals surface area (Å²) in [5.74, 6) is -2.63. The lowest BCUT2D eigenvalue weighted by molar-refractivity contribution is -0.137. The molecule has 0 unspecified atom stereocenters. The van der Waals surface area contributed by atoms with E-state index in [9.17, 15) is 22.0 Å². The molecule has 2 fully saturated rings. The molecule has 1 aromatic carbocycles. The Hall–Kier alpha value is -1.21. The van der Waals surface area contributed by atoms with E-state index in [1.54, 1.807) is 4.90 Å². The number of halogens is 5. The number of benzene rings is 1. The highest BCUT2D eigenvalue weighted by Crippen LogP contribution is 2.33. The van der Waals surface area contributed by atoms with Crippen LogP contribution in [0.3, 0.4) is 0 Å². The molecule has 0 amide bonds. The molecule has 22 heavy (non-hydrogen) atoms. The Bertz CT molecular complexity index is 526. The first-order chi connectivity index (χ1) is 10.2. The molecule has 122 valence electrons. The van der Waals surface area contributed by atoms with Crippen molar-refractivity contribution in [2.45, 2.75) is 37.0 Å². The van der Waals surface area contributed by atoms with Gasteiger partial charge in [0.1, 0.15) is 0 Å². The van der Waals surface area contributed by atoms with Gasteiger partial charge in [-0.1, -0.05) is 12.1 Å². The Labute approximate surface area is 125 Å². The molecule has 0 saturated carbocycles. The molecule has 2 nitrogen and oxygen atoms in total. The quantitative estimate of drug-likeness (QED) is 0.843. The number of hydrogen-bond acceptors (Lipinski definition) is 2. The van der Waals surface area contributed by atoms with Gasteiger partial charge in [-0.05, 0) is 24.1 Å². The Morgan fingerprint density at radius 3 is 2.50 bits per heavy atom. The predicted octanol–water partition coefficient (Wildman–Crippen LogP) is 2.93. The van der Waals surface area contributed by atoms with Crippen molar-refractivity contribution in [3.05, 3.63) is 35.4 Å². The lowest BCUT2D eigenvalue weighted by Crippen LogP contribution is -2.54. The molecule has 0 aliphatic carbocycles. The number of nitrogens with one attached hydrogen (secondary N) is 1. The Morgan fingerprint density at radius 2 is 1.86 bits per heavy atom. The second kappa shape index (κ2) is 5.45. The minimum Gasteiger partial charge on any atom is -0.311 e. The molecule has 0 radical (unpaired) electrons. The second-order valence-electron chi connectivity index (χ2n) is 6.15. The van der Waals surface area contributed by atoms with Crippen molar-refractivity contribution in [1.29, 1.82) is 0 Å². The highest BCUT2D eigenvalue weighted by atomic mass is 19.4. The first-order valence-corrected chi connectivity index (χ1v) is 7.24. The summed E-state index contributed by atoms with van der Waals surface area (Å²) in [7, 11) is 0. The molecule has 2 aliphatic rings. The lowest BCUT2D eigenvalue weighted by Gasteiger charge is -2.35. The minimum atomic E-state index is -4.34. The lowest BCUT2D eigenvalue weighted by atomic mass is 10.0. The van der Waals surface area contributed by atoms with E-state index in [1.165, 1.54) is 12.1 Å². The average Bonchev–Trinajstić information content (AvgIpc) is 2.71. The Morgan fingerprint density at radius 1 is 1.18 bits per heavy atom. The summed E-state index contributed by atoms with van der Waals surface area (Å²) < 4.78 is 64.3. The van der Waals surface area contributed by atoms with Gasteiger partial charge in [0, 0.05) is 31.6 Å². The fourth-order valence-corrected chi connectivity index (χ4v) is 3.28. The monoisotopic (exact) mass is 320 g/mol. The van der Waals surface area contributed by atoms with Crippen molar-refractivity contribution in [3.8, 4) is 0 Å². The predicted molar refractivity (Wildman–Crippen MR) is 71.9 cm³/mol. The normalized spacial score (nSPS) is 28.6. The SMILES string of the molecule is FC1(F)C[C@H]2CN[C@@H](Cc3ccc(C(F)(F)F)cc3)CN2C1. The molecule has 1 N–H and O–H groups in total. The molecular weight excluding hydrogens is 303 g/mol. The molecule has 2 aliphatic heterocycles. The summed E-state index contributed by atoms with van der Waals surface area (Å²) in [4.78, 5) is 1.78. The molecule has 0 aromatic heterocycles. The number of piperazine rings is 1. The van der Waals surface area contributed by atoms with Gasteiger partial charge in [-0.3, -0.25) is 4.90 Å². The molecule has 3 rings (SSSR count). The summed E-state index contributed by atoms with van der Waals surface area (Å²) in [6, 6.07) is 4.88. The van der Waals surface area contributed by atoms with Gasteiger partial charge < -0.3 is 5.32 Å². The van der Waals surface area contributed by atoms with Crippen molar-refractivity contribution < 1.29 is 22.0 Å². The van der Waals surface area contributed by atoms with Gasteiger partial charge in [0.25, 0.3) is 5.92 Å². The number of hydrogen-bond donors (Lipinski definition) is 1. The van der Waals surface area contributed by atoms with E-state index in [4.69, 9.17) is 0 Å². The van der Waals surface area contributed by atoms with Gasteiger partial charge >= 0.3 is 6.18 Å². The molecule has 0 spiro atoms. The average molecular weight is 320 g/mol. The maximum atomic E-state index is 13.4. The van der Waals surface area contributed by atoms with E-state index >= 15 is 0 Å². The van der Waals surface area contributed by atoms with Gasteiger partial charge in [0.15, 0.2) is 0 Å². The summed E-state index contributed by atoms with van der Waals surface area (Å²) in [5, 5.41) is 3.22. The van der Waals surface area contributed by atoms with Crippen molar-refractivity contribution in [2.75, 3.05) is 19.6 Å². The second-order valence-corrected chi connectivity index (χ2v) is 6.15. The van der Waals surface area contributed by atoms with Gasteiger partial charge in [0.05, 0.1) is 12.1 Å². The zero-order valence-corrected chi connectivity index (χ0v) is 11.8. The van der Waals surface area contributed by atoms with Crippen molar-refractivity contribution in [3.63, 3.8) is 0 Å². The van der Waals surface area contributed by atoms with Crippen LogP contribution in [0, 0.1) is 0 Å². The molecule has 2 saturated heterocycles. The number of fused-ring (bicyclic) bond motifs is 1. The minimum absolute atomic E-state index is 0.0121. The first kappa shape index (κ1) is 15.7. The zero-order valence-electron chi connectivity index (χ0n) is 11.8. The van der Waals surface area contributed by atoms with E-state index < -0.39 is 17.7 Å². The summed E-state index contributed by atoms with van der Waals surface area (Å²) in [6.07, 6.45) is -3.92. The smallest absolute Gasteiger partial charge is 0.311 e. The molecular formula is C15H17F5N2. The molecule has 2 heterocycles. The van der Waals surface area contributed by atoms with Crippen LogP contribution in [-0.4, -0.2) is 42.5 Å². The van der Waals surface area contributed by atoms with E-state index in [2.05, 4.69) is 5.32 Å². The van der Waals surface area contributed by atoms with Crippen LogP contribution in [0.5, 0.6) is 0 Å².